The van der Waals surface area contributed by atoms with Crippen molar-refractivity contribution in [3.05, 3.63) is 29.6 Å². The van der Waals surface area contributed by atoms with Crippen molar-refractivity contribution in [2.75, 3.05) is 24.7 Å². The third kappa shape index (κ3) is 2.52. The third-order valence-electron chi connectivity index (χ3n) is 3.13. The first kappa shape index (κ1) is 13.0. The summed E-state index contributed by atoms with van der Waals surface area (Å²) in [4.78, 5) is 12.4. The van der Waals surface area contributed by atoms with Crippen LogP contribution in [-0.4, -0.2) is 43.3 Å². The van der Waals surface area contributed by atoms with E-state index in [4.69, 9.17) is 9.84 Å². The molecule has 1 fully saturated rings. The van der Waals surface area contributed by atoms with Gasteiger partial charge in [-0.3, -0.25) is 4.79 Å². The van der Waals surface area contributed by atoms with Gasteiger partial charge >= 0.3 is 0 Å². The van der Waals surface area contributed by atoms with E-state index in [1.807, 2.05) is 11.8 Å². The average Bonchev–Trinajstić information content (AvgIpc) is 2.39. The van der Waals surface area contributed by atoms with Crippen molar-refractivity contribution in [3.63, 3.8) is 0 Å². The molecule has 18 heavy (non-hydrogen) atoms. The highest BCUT2D eigenvalue weighted by Gasteiger charge is 2.27. The molecule has 0 aliphatic carbocycles. The average molecular weight is 253 g/mol. The Morgan fingerprint density at radius 1 is 1.61 bits per heavy atom. The first-order valence-corrected chi connectivity index (χ1v) is 5.89. The monoisotopic (exact) mass is 253 g/mol. The van der Waals surface area contributed by atoms with Crippen molar-refractivity contribution in [1.82, 2.24) is 0 Å². The molecule has 1 N–H and O–H groups in total. The largest absolute Gasteiger partial charge is 0.394 e. The zero-order valence-corrected chi connectivity index (χ0v) is 10.2. The minimum atomic E-state index is -0.426. The molecule has 0 spiro atoms. The number of rotatable bonds is 3. The summed E-state index contributed by atoms with van der Waals surface area (Å²) in [6, 6.07) is 4.43. The van der Waals surface area contributed by atoms with Gasteiger partial charge in [0.2, 0.25) is 0 Å². The number of anilines is 1. The van der Waals surface area contributed by atoms with Crippen LogP contribution in [0.2, 0.25) is 0 Å². The van der Waals surface area contributed by atoms with Crippen LogP contribution in [0.25, 0.3) is 0 Å². The summed E-state index contributed by atoms with van der Waals surface area (Å²) in [5, 5.41) is 9.10. The maximum atomic E-state index is 13.9. The quantitative estimate of drug-likeness (QED) is 0.823. The molecule has 0 radical (unpaired) electrons. The number of hydrogen-bond donors (Lipinski definition) is 1. The molecule has 1 heterocycles. The second-order valence-electron chi connectivity index (χ2n) is 4.47. The number of hydrogen-bond acceptors (Lipinski definition) is 4. The van der Waals surface area contributed by atoms with Crippen LogP contribution in [-0.2, 0) is 4.74 Å². The van der Waals surface area contributed by atoms with Gasteiger partial charge in [-0.05, 0) is 25.1 Å². The lowest BCUT2D eigenvalue weighted by molar-refractivity contribution is -0.0105. The molecule has 1 aliphatic heterocycles. The van der Waals surface area contributed by atoms with Gasteiger partial charge in [0.05, 0.1) is 25.0 Å². The molecule has 1 saturated heterocycles. The summed E-state index contributed by atoms with van der Waals surface area (Å²) in [5.74, 6) is -0.426. The van der Waals surface area contributed by atoms with Crippen LogP contribution in [0.1, 0.15) is 17.3 Å². The van der Waals surface area contributed by atoms with Gasteiger partial charge in [0, 0.05) is 18.2 Å². The second kappa shape index (κ2) is 5.46. The predicted octanol–water partition coefficient (Wildman–Crippen LogP) is 1.22. The van der Waals surface area contributed by atoms with E-state index in [0.717, 1.165) is 0 Å². The van der Waals surface area contributed by atoms with E-state index in [-0.39, 0.29) is 18.8 Å². The molecule has 0 aromatic heterocycles. The fourth-order valence-electron chi connectivity index (χ4n) is 2.09. The van der Waals surface area contributed by atoms with Gasteiger partial charge in [0.25, 0.3) is 0 Å². The maximum absolute atomic E-state index is 13.9. The third-order valence-corrected chi connectivity index (χ3v) is 3.13. The second-order valence-corrected chi connectivity index (χ2v) is 4.47. The van der Waals surface area contributed by atoms with E-state index >= 15 is 0 Å². The van der Waals surface area contributed by atoms with Gasteiger partial charge in [-0.2, -0.15) is 0 Å². The van der Waals surface area contributed by atoms with E-state index in [9.17, 15) is 9.18 Å². The Bertz CT molecular complexity index is 438. The molecular weight excluding hydrogens is 237 g/mol. The van der Waals surface area contributed by atoms with Crippen molar-refractivity contribution in [3.8, 4) is 0 Å². The molecule has 5 heteroatoms. The lowest BCUT2D eigenvalue weighted by atomic mass is 10.1. The van der Waals surface area contributed by atoms with Gasteiger partial charge < -0.3 is 14.7 Å². The van der Waals surface area contributed by atoms with Crippen molar-refractivity contribution in [2.24, 2.45) is 0 Å². The van der Waals surface area contributed by atoms with Crippen LogP contribution < -0.4 is 4.90 Å². The maximum Gasteiger partial charge on any atom is 0.150 e. The number of aliphatic hydroxyl groups is 1. The first-order chi connectivity index (χ1) is 8.65. The highest BCUT2D eigenvalue weighted by Crippen LogP contribution is 2.25. The van der Waals surface area contributed by atoms with Crippen LogP contribution in [0.3, 0.4) is 0 Å². The number of morpholine rings is 1. The predicted molar refractivity (Wildman–Crippen MR) is 65.4 cm³/mol. The summed E-state index contributed by atoms with van der Waals surface area (Å²) >= 11 is 0. The Morgan fingerprint density at radius 2 is 2.39 bits per heavy atom. The lowest BCUT2D eigenvalue weighted by Gasteiger charge is -2.39. The molecule has 2 unspecified atom stereocenters. The molecule has 1 aromatic rings. The SMILES string of the molecule is CC1COC(CO)CN1c1ccc(C=O)cc1F. The number of ether oxygens (including phenoxy) is 1. The standard InChI is InChI=1S/C13H16FNO3/c1-9-8-18-11(7-17)5-15(9)13-3-2-10(6-16)4-12(13)14/h2-4,6,9,11,17H,5,7-8H2,1H3. The van der Waals surface area contributed by atoms with Crippen LogP contribution in [0, 0.1) is 5.82 Å². The molecule has 4 nitrogen and oxygen atoms in total. The molecule has 0 saturated carbocycles. The molecule has 1 aromatic carbocycles. The van der Waals surface area contributed by atoms with E-state index in [1.54, 1.807) is 12.1 Å². The number of benzene rings is 1. The number of carbonyl (C=O) groups excluding carboxylic acids is 1. The molecule has 2 rings (SSSR count). The smallest absolute Gasteiger partial charge is 0.150 e. The zero-order valence-electron chi connectivity index (χ0n) is 10.2. The van der Waals surface area contributed by atoms with E-state index in [0.29, 0.717) is 30.7 Å². The fraction of sp³-hybridized carbons (Fsp3) is 0.462. The molecule has 0 amide bonds. The number of halogens is 1. The summed E-state index contributed by atoms with van der Waals surface area (Å²) in [6.07, 6.45) is 0.318. The van der Waals surface area contributed by atoms with Gasteiger partial charge in [-0.25, -0.2) is 4.39 Å². The number of aliphatic hydroxyl groups excluding tert-OH is 1. The minimum absolute atomic E-state index is 0.0318. The van der Waals surface area contributed by atoms with Crippen molar-refractivity contribution < 1.29 is 19.0 Å². The molecule has 0 bridgehead atoms. The normalized spacial score (nSPS) is 24.1. The highest BCUT2D eigenvalue weighted by molar-refractivity contribution is 5.76. The van der Waals surface area contributed by atoms with Crippen molar-refractivity contribution in [2.45, 2.75) is 19.1 Å². The molecule has 2 atom stereocenters. The summed E-state index contributed by atoms with van der Waals surface area (Å²) in [6.45, 7) is 2.73. The highest BCUT2D eigenvalue weighted by atomic mass is 19.1. The van der Waals surface area contributed by atoms with Crippen molar-refractivity contribution in [1.29, 1.82) is 0 Å². The van der Waals surface area contributed by atoms with Crippen LogP contribution in [0.15, 0.2) is 18.2 Å². The van der Waals surface area contributed by atoms with Gasteiger partial charge in [-0.1, -0.05) is 0 Å². The van der Waals surface area contributed by atoms with Gasteiger partial charge in [-0.15, -0.1) is 0 Å². The zero-order chi connectivity index (χ0) is 13.1. The van der Waals surface area contributed by atoms with Crippen LogP contribution >= 0.6 is 0 Å². The van der Waals surface area contributed by atoms with E-state index in [1.165, 1.54) is 6.07 Å². The van der Waals surface area contributed by atoms with E-state index in [2.05, 4.69) is 0 Å². The Balaban J connectivity index is 2.26. The molecular formula is C13H16FNO3. The number of nitrogens with zero attached hydrogens (tertiary/aromatic N) is 1. The Labute approximate surface area is 105 Å². The molecule has 98 valence electrons. The summed E-state index contributed by atoms with van der Waals surface area (Å²) in [5.41, 5.74) is 0.755. The molecule has 1 aliphatic rings. The van der Waals surface area contributed by atoms with Crippen molar-refractivity contribution >= 4 is 12.0 Å². The topological polar surface area (TPSA) is 49.8 Å². The Hall–Kier alpha value is -1.46. The Morgan fingerprint density at radius 3 is 3.00 bits per heavy atom. The van der Waals surface area contributed by atoms with E-state index < -0.39 is 5.82 Å². The summed E-state index contributed by atoms with van der Waals surface area (Å²) in [7, 11) is 0. The Kier molecular flexibility index (Phi) is 3.93. The van der Waals surface area contributed by atoms with Crippen LogP contribution in [0.4, 0.5) is 10.1 Å². The fourth-order valence-corrected chi connectivity index (χ4v) is 2.09. The number of aldehydes is 1. The van der Waals surface area contributed by atoms with Gasteiger partial charge in [0.1, 0.15) is 12.1 Å². The minimum Gasteiger partial charge on any atom is -0.394 e. The number of carbonyl (C=O) groups is 1. The van der Waals surface area contributed by atoms with Gasteiger partial charge in [0.15, 0.2) is 0 Å². The first-order valence-electron chi connectivity index (χ1n) is 5.89. The summed E-state index contributed by atoms with van der Waals surface area (Å²) < 4.78 is 19.3. The van der Waals surface area contributed by atoms with Crippen LogP contribution in [0.5, 0.6) is 0 Å². The lowest BCUT2D eigenvalue weighted by Crippen LogP contribution is -2.49.